The molecule has 0 amide bonds. The Labute approximate surface area is 254 Å². The van der Waals surface area contributed by atoms with Gasteiger partial charge in [0.05, 0.1) is 17.8 Å². The van der Waals surface area contributed by atoms with E-state index in [1.807, 2.05) is 12.1 Å². The first kappa shape index (κ1) is 31.0. The number of aliphatic hydroxyl groups is 3. The van der Waals surface area contributed by atoms with Crippen LogP contribution in [0.5, 0.6) is 0 Å². The fraction of sp³-hybridized carbons (Fsp3) is 0.538. The van der Waals surface area contributed by atoms with Crippen molar-refractivity contribution in [3.05, 3.63) is 107 Å². The number of hydrogen-bond donors (Lipinski definition) is 3. The van der Waals surface area contributed by atoms with Gasteiger partial charge in [0.15, 0.2) is 0 Å². The van der Waals surface area contributed by atoms with Crippen LogP contribution in [0.3, 0.4) is 0 Å². The molecule has 2 aromatic carbocycles. The van der Waals surface area contributed by atoms with Crippen LogP contribution in [0.1, 0.15) is 89.2 Å². The third-order valence-corrected chi connectivity index (χ3v) is 11.1. The van der Waals surface area contributed by atoms with Gasteiger partial charge in [-0.05, 0) is 91.2 Å². The minimum Gasteiger partial charge on any atom is -0.389 e. The maximum absolute atomic E-state index is 11.9. The summed E-state index contributed by atoms with van der Waals surface area (Å²) in [6.45, 7) is 8.86. The molecule has 3 saturated carbocycles. The van der Waals surface area contributed by atoms with Gasteiger partial charge in [0, 0.05) is 12.8 Å². The van der Waals surface area contributed by atoms with Crippen LogP contribution in [0, 0.1) is 23.2 Å². The SMILES string of the molecule is C=C1[C@H](O)CC(=C/C=C2\CCC[C@]3(C)[C@@H]([C@H](C)CCCC(O)(Cc4ccccc4)Cc4ccccc4)CC[C@@H]23)C[C@H]1O. The van der Waals surface area contributed by atoms with E-state index in [4.69, 9.17) is 0 Å². The van der Waals surface area contributed by atoms with Gasteiger partial charge in [0.2, 0.25) is 0 Å². The predicted octanol–water partition coefficient (Wildman–Crippen LogP) is 8.15. The highest BCUT2D eigenvalue weighted by atomic mass is 16.3. The normalized spacial score (nSPS) is 29.9. The van der Waals surface area contributed by atoms with Crippen LogP contribution in [0.2, 0.25) is 0 Å². The monoisotopic (exact) mass is 568 g/mol. The highest BCUT2D eigenvalue weighted by Gasteiger charge is 2.50. The van der Waals surface area contributed by atoms with E-state index in [0.717, 1.165) is 31.3 Å². The number of hydrogen-bond acceptors (Lipinski definition) is 3. The lowest BCUT2D eigenvalue weighted by Gasteiger charge is -2.44. The Kier molecular flexibility index (Phi) is 9.92. The molecule has 3 nitrogen and oxygen atoms in total. The van der Waals surface area contributed by atoms with Gasteiger partial charge in [0.1, 0.15) is 0 Å². The van der Waals surface area contributed by atoms with E-state index in [9.17, 15) is 15.3 Å². The van der Waals surface area contributed by atoms with Crippen LogP contribution in [0.15, 0.2) is 96.1 Å². The molecule has 0 unspecified atom stereocenters. The van der Waals surface area contributed by atoms with Gasteiger partial charge < -0.3 is 15.3 Å². The molecule has 3 fully saturated rings. The second kappa shape index (κ2) is 13.5. The molecule has 0 bridgehead atoms. The average Bonchev–Trinajstić information content (AvgIpc) is 3.33. The Bertz CT molecular complexity index is 1190. The van der Waals surface area contributed by atoms with Gasteiger partial charge in [-0.15, -0.1) is 0 Å². The highest BCUT2D eigenvalue weighted by Crippen LogP contribution is 2.60. The van der Waals surface area contributed by atoms with Crippen molar-refractivity contribution in [1.82, 2.24) is 0 Å². The smallest absolute Gasteiger partial charge is 0.0809 e. The van der Waals surface area contributed by atoms with Crippen LogP contribution < -0.4 is 0 Å². The molecule has 0 spiro atoms. The fourth-order valence-electron chi connectivity index (χ4n) is 8.78. The van der Waals surface area contributed by atoms with Crippen LogP contribution in [-0.4, -0.2) is 33.1 Å². The summed E-state index contributed by atoms with van der Waals surface area (Å²) in [5, 5.41) is 32.5. The maximum atomic E-state index is 11.9. The standard InChI is InChI=1S/C39H52O3/c1-28(12-10-23-39(42,26-30-13-6-4-7-14-30)27-31-15-8-5-9-16-31)34-20-21-35-33(17-11-22-38(34,35)3)19-18-32-24-36(40)29(2)37(41)25-32/h4-9,13-16,18-19,28,34-37,40-42H,2,10-12,17,20-27H2,1,3H3/b33-19+/t28-,34-,35+,36-,37-,38-/m1/s1. The number of allylic oxidation sites excluding steroid dienone is 3. The van der Waals surface area contributed by atoms with Crippen molar-refractivity contribution < 1.29 is 15.3 Å². The second-order valence-corrected chi connectivity index (χ2v) is 14.1. The van der Waals surface area contributed by atoms with Crippen LogP contribution >= 0.6 is 0 Å². The van der Waals surface area contributed by atoms with Crippen molar-refractivity contribution in [3.63, 3.8) is 0 Å². The Balaban J connectivity index is 1.22. The van der Waals surface area contributed by atoms with E-state index in [1.165, 1.54) is 36.8 Å². The molecule has 2 aromatic rings. The molecule has 3 N–H and O–H groups in total. The largest absolute Gasteiger partial charge is 0.389 e. The summed E-state index contributed by atoms with van der Waals surface area (Å²) in [7, 11) is 0. The molecular formula is C39H52O3. The summed E-state index contributed by atoms with van der Waals surface area (Å²) < 4.78 is 0. The number of aliphatic hydroxyl groups excluding tert-OH is 2. The molecule has 0 heterocycles. The second-order valence-electron chi connectivity index (χ2n) is 14.1. The first-order chi connectivity index (χ1) is 20.2. The predicted molar refractivity (Wildman–Crippen MR) is 173 cm³/mol. The van der Waals surface area contributed by atoms with E-state index < -0.39 is 17.8 Å². The van der Waals surface area contributed by atoms with Crippen molar-refractivity contribution in [3.8, 4) is 0 Å². The lowest BCUT2D eigenvalue weighted by atomic mass is 9.60. The molecule has 42 heavy (non-hydrogen) atoms. The Morgan fingerprint density at radius 1 is 0.929 bits per heavy atom. The number of benzene rings is 2. The summed E-state index contributed by atoms with van der Waals surface area (Å²) in [5.74, 6) is 1.96. The van der Waals surface area contributed by atoms with Crippen LogP contribution in [0.4, 0.5) is 0 Å². The van der Waals surface area contributed by atoms with Crippen molar-refractivity contribution in [2.75, 3.05) is 0 Å². The van der Waals surface area contributed by atoms with Gasteiger partial charge in [-0.2, -0.15) is 0 Å². The van der Waals surface area contributed by atoms with Gasteiger partial charge in [0.25, 0.3) is 0 Å². The first-order valence-electron chi connectivity index (χ1n) is 16.4. The summed E-state index contributed by atoms with van der Waals surface area (Å²) in [6, 6.07) is 20.9. The van der Waals surface area contributed by atoms with E-state index in [0.29, 0.717) is 54.4 Å². The van der Waals surface area contributed by atoms with Crippen molar-refractivity contribution >= 4 is 0 Å². The molecule has 0 saturated heterocycles. The average molecular weight is 569 g/mol. The van der Waals surface area contributed by atoms with E-state index >= 15 is 0 Å². The minimum atomic E-state index is -0.745. The molecule has 0 aliphatic heterocycles. The molecule has 5 rings (SSSR count). The van der Waals surface area contributed by atoms with E-state index in [2.05, 4.69) is 81.1 Å². The lowest BCUT2D eigenvalue weighted by Crippen LogP contribution is -2.36. The van der Waals surface area contributed by atoms with Crippen LogP contribution in [-0.2, 0) is 12.8 Å². The van der Waals surface area contributed by atoms with Crippen molar-refractivity contribution in [1.29, 1.82) is 0 Å². The zero-order chi connectivity index (χ0) is 29.7. The summed E-state index contributed by atoms with van der Waals surface area (Å²) in [5.41, 5.74) is 5.24. The lowest BCUT2D eigenvalue weighted by molar-refractivity contribution is 0.0255. The third kappa shape index (κ3) is 7.18. The van der Waals surface area contributed by atoms with Gasteiger partial charge in [-0.3, -0.25) is 0 Å². The minimum absolute atomic E-state index is 0.326. The molecule has 3 aliphatic carbocycles. The molecular weight excluding hydrogens is 516 g/mol. The Morgan fingerprint density at radius 3 is 2.12 bits per heavy atom. The molecule has 226 valence electrons. The highest BCUT2D eigenvalue weighted by molar-refractivity contribution is 5.30. The zero-order valence-corrected chi connectivity index (χ0v) is 25.8. The molecule has 3 aliphatic rings. The quantitative estimate of drug-likeness (QED) is 0.254. The molecule has 3 heteroatoms. The molecule has 0 radical (unpaired) electrons. The summed E-state index contributed by atoms with van der Waals surface area (Å²) in [6.07, 6.45) is 15.1. The number of fused-ring (bicyclic) bond motifs is 1. The molecule has 0 aromatic heterocycles. The van der Waals surface area contributed by atoms with Gasteiger partial charge in [-0.25, -0.2) is 0 Å². The van der Waals surface area contributed by atoms with Gasteiger partial charge >= 0.3 is 0 Å². The Hall–Kier alpha value is -2.46. The fourth-order valence-corrected chi connectivity index (χ4v) is 8.78. The van der Waals surface area contributed by atoms with E-state index in [1.54, 1.807) is 5.57 Å². The topological polar surface area (TPSA) is 60.7 Å². The van der Waals surface area contributed by atoms with Gasteiger partial charge in [-0.1, -0.05) is 117 Å². The Morgan fingerprint density at radius 2 is 1.52 bits per heavy atom. The molecule has 6 atom stereocenters. The maximum Gasteiger partial charge on any atom is 0.0809 e. The van der Waals surface area contributed by atoms with E-state index in [-0.39, 0.29) is 0 Å². The summed E-state index contributed by atoms with van der Waals surface area (Å²) >= 11 is 0. The van der Waals surface area contributed by atoms with Crippen LogP contribution in [0.25, 0.3) is 0 Å². The zero-order valence-electron chi connectivity index (χ0n) is 25.8. The van der Waals surface area contributed by atoms with Crippen molar-refractivity contribution in [2.24, 2.45) is 23.2 Å². The first-order valence-corrected chi connectivity index (χ1v) is 16.4. The third-order valence-electron chi connectivity index (χ3n) is 11.1. The summed E-state index contributed by atoms with van der Waals surface area (Å²) in [4.78, 5) is 0. The van der Waals surface area contributed by atoms with Crippen molar-refractivity contribution in [2.45, 2.75) is 109 Å². The number of rotatable bonds is 10.